The molecule has 2 heterocycles. The molecule has 0 aliphatic carbocycles. The van der Waals surface area contributed by atoms with E-state index >= 15 is 0 Å². The van der Waals surface area contributed by atoms with Crippen LogP contribution in [0.25, 0.3) is 0 Å². The van der Waals surface area contributed by atoms with Crippen LogP contribution in [0.2, 0.25) is 10.0 Å². The topological polar surface area (TPSA) is 79.5 Å². The normalized spacial score (nSPS) is 24.4. The average molecular weight is 462 g/mol. The highest BCUT2D eigenvalue weighted by atomic mass is 35.5. The van der Waals surface area contributed by atoms with Gasteiger partial charge in [0.05, 0.1) is 18.7 Å². The van der Waals surface area contributed by atoms with E-state index in [4.69, 9.17) is 27.9 Å². The first-order valence-electron chi connectivity index (χ1n) is 10.2. The molecule has 164 valence electrons. The Morgan fingerprint density at radius 2 is 1.97 bits per heavy atom. The molecule has 4 rings (SSSR count). The molecular formula is C23H25Cl2N3O3. The van der Waals surface area contributed by atoms with Crippen LogP contribution in [0.15, 0.2) is 30.3 Å². The van der Waals surface area contributed by atoms with Gasteiger partial charge in [-0.15, -0.1) is 0 Å². The standard InChI is InChI=1S/C23H25Cl2N3O3/c1-11(2)17-10-16(21(29)26-18-9-13(24)5-6-19(18)31-4)23(28-17)15-8-14(25)7-12(3)20(15)27-22(23)30/h5-9,11,16-17,28H,10H2,1-4H3,(H,26,29)(H,27,30). The van der Waals surface area contributed by atoms with E-state index in [-0.39, 0.29) is 23.8 Å². The third-order valence-electron chi connectivity index (χ3n) is 6.29. The summed E-state index contributed by atoms with van der Waals surface area (Å²) in [7, 11) is 1.53. The highest BCUT2D eigenvalue weighted by Crippen LogP contribution is 2.50. The summed E-state index contributed by atoms with van der Waals surface area (Å²) in [6.07, 6.45) is 0.505. The number of hydrogen-bond acceptors (Lipinski definition) is 4. The number of carbonyl (C=O) groups is 2. The van der Waals surface area contributed by atoms with E-state index in [2.05, 4.69) is 29.8 Å². The van der Waals surface area contributed by atoms with Crippen LogP contribution in [0.5, 0.6) is 5.75 Å². The van der Waals surface area contributed by atoms with Gasteiger partial charge in [-0.1, -0.05) is 37.0 Å². The van der Waals surface area contributed by atoms with Crippen molar-refractivity contribution in [2.45, 2.75) is 38.8 Å². The summed E-state index contributed by atoms with van der Waals surface area (Å²) in [4.78, 5) is 27.0. The highest BCUT2D eigenvalue weighted by molar-refractivity contribution is 6.31. The van der Waals surface area contributed by atoms with Gasteiger partial charge in [0.15, 0.2) is 0 Å². The molecule has 2 aromatic rings. The predicted molar refractivity (Wildman–Crippen MR) is 123 cm³/mol. The summed E-state index contributed by atoms with van der Waals surface area (Å²) >= 11 is 12.5. The zero-order valence-corrected chi connectivity index (χ0v) is 19.3. The molecule has 0 aromatic heterocycles. The highest BCUT2D eigenvalue weighted by Gasteiger charge is 2.60. The summed E-state index contributed by atoms with van der Waals surface area (Å²) in [5.74, 6) is -0.449. The fourth-order valence-electron chi connectivity index (χ4n) is 4.67. The molecule has 8 heteroatoms. The smallest absolute Gasteiger partial charge is 0.250 e. The summed E-state index contributed by atoms with van der Waals surface area (Å²) in [5.41, 5.74) is 1.55. The molecule has 6 nitrogen and oxygen atoms in total. The van der Waals surface area contributed by atoms with E-state index in [1.807, 2.05) is 6.92 Å². The Morgan fingerprint density at radius 3 is 2.65 bits per heavy atom. The van der Waals surface area contributed by atoms with Crippen molar-refractivity contribution in [1.82, 2.24) is 5.32 Å². The Balaban J connectivity index is 1.79. The summed E-state index contributed by atoms with van der Waals surface area (Å²) in [6.45, 7) is 6.04. The monoisotopic (exact) mass is 461 g/mol. The molecule has 1 spiro atoms. The maximum absolute atomic E-state index is 13.6. The maximum Gasteiger partial charge on any atom is 0.250 e. The number of hydrogen-bond donors (Lipinski definition) is 3. The van der Waals surface area contributed by atoms with Crippen molar-refractivity contribution in [2.24, 2.45) is 11.8 Å². The summed E-state index contributed by atoms with van der Waals surface area (Å²) in [6, 6.07) is 8.58. The minimum absolute atomic E-state index is 0.0204. The van der Waals surface area contributed by atoms with Crippen LogP contribution in [0.3, 0.4) is 0 Å². The van der Waals surface area contributed by atoms with Crippen LogP contribution in [0.4, 0.5) is 11.4 Å². The van der Waals surface area contributed by atoms with Crippen molar-refractivity contribution in [1.29, 1.82) is 0 Å². The van der Waals surface area contributed by atoms with Crippen LogP contribution in [0, 0.1) is 18.8 Å². The van der Waals surface area contributed by atoms with Gasteiger partial charge in [0, 0.05) is 27.3 Å². The van der Waals surface area contributed by atoms with Gasteiger partial charge in [-0.3, -0.25) is 14.9 Å². The largest absolute Gasteiger partial charge is 0.495 e. The van der Waals surface area contributed by atoms with E-state index in [1.165, 1.54) is 7.11 Å². The van der Waals surface area contributed by atoms with Crippen molar-refractivity contribution < 1.29 is 14.3 Å². The second-order valence-electron chi connectivity index (χ2n) is 8.52. The third-order valence-corrected chi connectivity index (χ3v) is 6.74. The predicted octanol–water partition coefficient (Wildman–Crippen LogP) is 4.73. The fraction of sp³-hybridized carbons (Fsp3) is 0.391. The number of anilines is 2. The van der Waals surface area contributed by atoms with Gasteiger partial charge >= 0.3 is 0 Å². The van der Waals surface area contributed by atoms with Crippen molar-refractivity contribution in [3.05, 3.63) is 51.5 Å². The lowest BCUT2D eigenvalue weighted by Gasteiger charge is -2.30. The number of carbonyl (C=O) groups excluding carboxylic acids is 2. The lowest BCUT2D eigenvalue weighted by Crippen LogP contribution is -2.52. The van der Waals surface area contributed by atoms with Gasteiger partial charge in [0.2, 0.25) is 11.8 Å². The third kappa shape index (κ3) is 3.56. The molecule has 0 bridgehead atoms. The average Bonchev–Trinajstić information content (AvgIpc) is 3.23. The Bertz CT molecular complexity index is 1070. The minimum atomic E-state index is -1.20. The van der Waals surface area contributed by atoms with E-state index in [9.17, 15) is 9.59 Å². The van der Waals surface area contributed by atoms with E-state index in [0.29, 0.717) is 39.2 Å². The lowest BCUT2D eigenvalue weighted by molar-refractivity contribution is -0.130. The number of ether oxygens (including phenoxy) is 1. The van der Waals surface area contributed by atoms with Gasteiger partial charge in [-0.25, -0.2) is 0 Å². The number of aryl methyl sites for hydroxylation is 1. The number of amides is 2. The van der Waals surface area contributed by atoms with E-state index < -0.39 is 11.5 Å². The molecule has 3 N–H and O–H groups in total. The lowest BCUT2D eigenvalue weighted by atomic mass is 9.79. The van der Waals surface area contributed by atoms with Crippen molar-refractivity contribution in [3.63, 3.8) is 0 Å². The van der Waals surface area contributed by atoms with Crippen molar-refractivity contribution in [3.8, 4) is 5.75 Å². The molecular weight excluding hydrogens is 437 g/mol. The molecule has 3 atom stereocenters. The molecule has 2 aliphatic heterocycles. The van der Waals surface area contributed by atoms with Crippen LogP contribution in [-0.4, -0.2) is 25.0 Å². The quantitative estimate of drug-likeness (QED) is 0.614. The number of methoxy groups -OCH3 is 1. The van der Waals surface area contributed by atoms with Crippen molar-refractivity contribution >= 4 is 46.4 Å². The van der Waals surface area contributed by atoms with E-state index in [1.54, 1.807) is 30.3 Å². The van der Waals surface area contributed by atoms with Crippen molar-refractivity contribution in [2.75, 3.05) is 17.7 Å². The minimum Gasteiger partial charge on any atom is -0.495 e. The molecule has 2 aliphatic rings. The number of nitrogens with one attached hydrogen (secondary N) is 3. The van der Waals surface area contributed by atoms with Gasteiger partial charge < -0.3 is 15.4 Å². The number of benzene rings is 2. The second kappa shape index (κ2) is 8.01. The zero-order valence-electron chi connectivity index (χ0n) is 17.8. The van der Waals surface area contributed by atoms with Gasteiger partial charge in [-0.2, -0.15) is 0 Å². The van der Waals surface area contributed by atoms with Gasteiger partial charge in [-0.05, 0) is 55.2 Å². The van der Waals surface area contributed by atoms with Crippen LogP contribution >= 0.6 is 23.2 Å². The summed E-state index contributed by atoms with van der Waals surface area (Å²) < 4.78 is 5.36. The molecule has 1 saturated heterocycles. The SMILES string of the molecule is COc1ccc(Cl)cc1NC(=O)C1CC(C(C)C)NC12C(=O)Nc1c(C)cc(Cl)cc12. The van der Waals surface area contributed by atoms with E-state index in [0.717, 1.165) is 5.56 Å². The first kappa shape index (κ1) is 21.9. The number of rotatable bonds is 4. The first-order valence-corrected chi connectivity index (χ1v) is 11.0. The van der Waals surface area contributed by atoms with Crippen LogP contribution in [0.1, 0.15) is 31.4 Å². The van der Waals surface area contributed by atoms with Gasteiger partial charge in [0.1, 0.15) is 11.3 Å². The summed E-state index contributed by atoms with van der Waals surface area (Å²) in [5, 5.41) is 10.4. The number of halogens is 2. The zero-order chi connectivity index (χ0) is 22.5. The molecule has 2 aromatic carbocycles. The molecule has 2 amide bonds. The van der Waals surface area contributed by atoms with Crippen LogP contribution < -0.4 is 20.7 Å². The number of fused-ring (bicyclic) bond motifs is 2. The molecule has 1 fully saturated rings. The molecule has 0 saturated carbocycles. The fourth-order valence-corrected chi connectivity index (χ4v) is 5.11. The second-order valence-corrected chi connectivity index (χ2v) is 9.40. The van der Waals surface area contributed by atoms with Crippen LogP contribution in [-0.2, 0) is 15.1 Å². The Morgan fingerprint density at radius 1 is 1.23 bits per heavy atom. The molecule has 0 radical (unpaired) electrons. The first-order chi connectivity index (χ1) is 14.7. The maximum atomic E-state index is 13.6. The molecule has 3 unspecified atom stereocenters. The van der Waals surface area contributed by atoms with Gasteiger partial charge in [0.25, 0.3) is 0 Å². The molecule has 31 heavy (non-hydrogen) atoms. The Hall–Kier alpha value is -2.28. The Labute approximate surface area is 191 Å². The Kier molecular flexibility index (Phi) is 5.66.